The van der Waals surface area contributed by atoms with E-state index in [0.29, 0.717) is 5.56 Å². The molecular formula is C16H16N2O2. The number of benzene rings is 1. The summed E-state index contributed by atoms with van der Waals surface area (Å²) in [5.74, 6) is -0.846. The maximum absolute atomic E-state index is 11.3. The van der Waals surface area contributed by atoms with Crippen LogP contribution in [-0.2, 0) is 13.0 Å². The van der Waals surface area contributed by atoms with Crippen molar-refractivity contribution in [1.29, 1.82) is 0 Å². The molecule has 0 atom stereocenters. The molecule has 0 radical (unpaired) electrons. The van der Waals surface area contributed by atoms with Crippen molar-refractivity contribution in [1.82, 2.24) is 4.98 Å². The highest BCUT2D eigenvalue weighted by molar-refractivity contribution is 5.91. The van der Waals surface area contributed by atoms with Crippen LogP contribution in [0.3, 0.4) is 0 Å². The fourth-order valence-electron chi connectivity index (χ4n) is 2.75. The lowest BCUT2D eigenvalue weighted by atomic mass is 9.96. The maximum Gasteiger partial charge on any atom is 0.336 e. The molecule has 1 aliphatic heterocycles. The van der Waals surface area contributed by atoms with Crippen LogP contribution < -0.4 is 4.90 Å². The first kappa shape index (κ1) is 12.7. The second kappa shape index (κ2) is 5.33. The number of aromatic carboxylic acids is 1. The molecule has 0 fully saturated rings. The molecule has 1 N–H and O–H groups in total. The topological polar surface area (TPSA) is 53.4 Å². The van der Waals surface area contributed by atoms with E-state index in [2.05, 4.69) is 9.88 Å². The van der Waals surface area contributed by atoms with Gasteiger partial charge in [0.25, 0.3) is 0 Å². The van der Waals surface area contributed by atoms with Crippen LogP contribution in [0.5, 0.6) is 0 Å². The van der Waals surface area contributed by atoms with Gasteiger partial charge in [0.1, 0.15) is 0 Å². The Labute approximate surface area is 117 Å². The van der Waals surface area contributed by atoms with Crippen LogP contribution in [0.25, 0.3) is 0 Å². The minimum Gasteiger partial charge on any atom is -0.478 e. The molecule has 0 saturated carbocycles. The zero-order valence-electron chi connectivity index (χ0n) is 11.1. The predicted molar refractivity (Wildman–Crippen MR) is 77.0 cm³/mol. The van der Waals surface area contributed by atoms with Crippen LogP contribution in [0.2, 0.25) is 0 Å². The summed E-state index contributed by atoms with van der Waals surface area (Å²) in [4.78, 5) is 17.9. The molecule has 0 unspecified atom stereocenters. The molecule has 20 heavy (non-hydrogen) atoms. The molecule has 2 aromatic rings. The average molecular weight is 268 g/mol. The van der Waals surface area contributed by atoms with Gasteiger partial charge in [-0.3, -0.25) is 4.98 Å². The third kappa shape index (κ3) is 2.37. The molecule has 4 nitrogen and oxygen atoms in total. The Hall–Kier alpha value is -2.36. The van der Waals surface area contributed by atoms with Gasteiger partial charge in [-0.15, -0.1) is 0 Å². The Morgan fingerprint density at radius 2 is 2.15 bits per heavy atom. The van der Waals surface area contributed by atoms with Gasteiger partial charge in [-0.05, 0) is 42.7 Å². The monoisotopic (exact) mass is 268 g/mol. The lowest BCUT2D eigenvalue weighted by molar-refractivity contribution is 0.0695. The van der Waals surface area contributed by atoms with Crippen LogP contribution in [0, 0.1) is 0 Å². The van der Waals surface area contributed by atoms with Crippen LogP contribution in [0.4, 0.5) is 5.69 Å². The number of hydrogen-bond acceptors (Lipinski definition) is 3. The van der Waals surface area contributed by atoms with Crippen molar-refractivity contribution in [3.05, 3.63) is 59.4 Å². The van der Waals surface area contributed by atoms with Crippen molar-refractivity contribution in [2.45, 2.75) is 19.4 Å². The third-order valence-electron chi connectivity index (χ3n) is 3.66. The van der Waals surface area contributed by atoms with Crippen molar-refractivity contribution in [2.75, 3.05) is 11.4 Å². The highest BCUT2D eigenvalue weighted by Crippen LogP contribution is 2.30. The molecule has 0 bridgehead atoms. The van der Waals surface area contributed by atoms with Gasteiger partial charge in [-0.1, -0.05) is 12.1 Å². The number of rotatable bonds is 3. The largest absolute Gasteiger partial charge is 0.478 e. The number of carbonyl (C=O) groups is 1. The first-order valence-corrected chi connectivity index (χ1v) is 6.76. The molecule has 0 spiro atoms. The van der Waals surface area contributed by atoms with Gasteiger partial charge in [-0.2, -0.15) is 0 Å². The summed E-state index contributed by atoms with van der Waals surface area (Å²) in [7, 11) is 0. The zero-order valence-corrected chi connectivity index (χ0v) is 11.1. The van der Waals surface area contributed by atoms with Gasteiger partial charge in [0, 0.05) is 18.4 Å². The highest BCUT2D eigenvalue weighted by atomic mass is 16.4. The van der Waals surface area contributed by atoms with Crippen molar-refractivity contribution < 1.29 is 9.90 Å². The Kier molecular flexibility index (Phi) is 3.37. The number of pyridine rings is 1. The number of hydrogen-bond donors (Lipinski definition) is 1. The van der Waals surface area contributed by atoms with E-state index < -0.39 is 5.97 Å². The normalized spacial score (nSPS) is 13.9. The zero-order chi connectivity index (χ0) is 13.9. The number of aromatic nitrogens is 1. The smallest absolute Gasteiger partial charge is 0.336 e. The second-order valence-corrected chi connectivity index (χ2v) is 4.95. The summed E-state index contributed by atoms with van der Waals surface area (Å²) in [6, 6.07) is 11.4. The van der Waals surface area contributed by atoms with E-state index in [9.17, 15) is 9.90 Å². The third-order valence-corrected chi connectivity index (χ3v) is 3.66. The fourth-order valence-corrected chi connectivity index (χ4v) is 2.75. The molecule has 0 aliphatic carbocycles. The SMILES string of the molecule is O=C(O)c1cccc2c1CCCN2Cc1ccccn1. The minimum atomic E-state index is -0.846. The van der Waals surface area contributed by atoms with Gasteiger partial charge >= 0.3 is 5.97 Å². The van der Waals surface area contributed by atoms with E-state index in [1.807, 2.05) is 30.3 Å². The van der Waals surface area contributed by atoms with Gasteiger partial charge in [0.15, 0.2) is 0 Å². The Morgan fingerprint density at radius 1 is 1.25 bits per heavy atom. The molecule has 3 rings (SSSR count). The molecule has 2 heterocycles. The Balaban J connectivity index is 1.94. The van der Waals surface area contributed by atoms with Crippen molar-refractivity contribution in [3.8, 4) is 0 Å². The first-order valence-electron chi connectivity index (χ1n) is 6.76. The number of anilines is 1. The molecule has 1 aromatic heterocycles. The first-order chi connectivity index (χ1) is 9.75. The van der Waals surface area contributed by atoms with Crippen LogP contribution >= 0.6 is 0 Å². The van der Waals surface area contributed by atoms with Gasteiger partial charge in [-0.25, -0.2) is 4.79 Å². The molecule has 1 aliphatic rings. The molecule has 102 valence electrons. The van der Waals surface area contributed by atoms with E-state index in [1.54, 1.807) is 12.3 Å². The number of carboxylic acid groups (broad SMARTS) is 1. The summed E-state index contributed by atoms with van der Waals surface area (Å²) in [5, 5.41) is 9.29. The quantitative estimate of drug-likeness (QED) is 0.930. The van der Waals surface area contributed by atoms with E-state index in [4.69, 9.17) is 0 Å². The van der Waals surface area contributed by atoms with Gasteiger partial charge in [0.2, 0.25) is 0 Å². The molecular weight excluding hydrogens is 252 g/mol. The van der Waals surface area contributed by atoms with E-state index in [1.165, 1.54) is 0 Å². The highest BCUT2D eigenvalue weighted by Gasteiger charge is 2.22. The van der Waals surface area contributed by atoms with Crippen LogP contribution in [0.15, 0.2) is 42.6 Å². The summed E-state index contributed by atoms with van der Waals surface area (Å²) in [5.41, 5.74) is 3.40. The van der Waals surface area contributed by atoms with Gasteiger partial charge < -0.3 is 10.0 Å². The fraction of sp³-hybridized carbons (Fsp3) is 0.250. The predicted octanol–water partition coefficient (Wildman–Crippen LogP) is 2.73. The second-order valence-electron chi connectivity index (χ2n) is 4.95. The van der Waals surface area contributed by atoms with Crippen molar-refractivity contribution >= 4 is 11.7 Å². The summed E-state index contributed by atoms with van der Waals surface area (Å²) < 4.78 is 0. The molecule has 1 aromatic carbocycles. The minimum absolute atomic E-state index is 0.424. The van der Waals surface area contributed by atoms with E-state index in [0.717, 1.165) is 42.9 Å². The molecule has 0 amide bonds. The lowest BCUT2D eigenvalue weighted by Crippen LogP contribution is -2.30. The average Bonchev–Trinajstić information content (AvgIpc) is 2.48. The number of nitrogens with zero attached hydrogens (tertiary/aromatic N) is 2. The molecule has 4 heteroatoms. The number of carboxylic acids is 1. The maximum atomic E-state index is 11.3. The standard InChI is InChI=1S/C16H16N2O2/c19-16(20)14-6-3-8-15-13(14)7-4-10-18(15)11-12-5-1-2-9-17-12/h1-3,5-6,8-9H,4,7,10-11H2,(H,19,20). The van der Waals surface area contributed by atoms with Crippen molar-refractivity contribution in [3.63, 3.8) is 0 Å². The van der Waals surface area contributed by atoms with Gasteiger partial charge in [0.05, 0.1) is 17.8 Å². The van der Waals surface area contributed by atoms with Crippen LogP contribution in [0.1, 0.15) is 28.0 Å². The summed E-state index contributed by atoms with van der Waals surface area (Å²) in [6.07, 6.45) is 3.59. The number of fused-ring (bicyclic) bond motifs is 1. The van der Waals surface area contributed by atoms with Crippen LogP contribution in [-0.4, -0.2) is 22.6 Å². The lowest BCUT2D eigenvalue weighted by Gasteiger charge is -2.31. The Morgan fingerprint density at radius 3 is 2.90 bits per heavy atom. The molecule has 0 saturated heterocycles. The van der Waals surface area contributed by atoms with E-state index >= 15 is 0 Å². The summed E-state index contributed by atoms with van der Waals surface area (Å²) >= 11 is 0. The summed E-state index contributed by atoms with van der Waals surface area (Å²) in [6.45, 7) is 1.66. The van der Waals surface area contributed by atoms with E-state index in [-0.39, 0.29) is 0 Å². The Bertz CT molecular complexity index is 626. The van der Waals surface area contributed by atoms with Crippen molar-refractivity contribution in [2.24, 2.45) is 0 Å².